The monoisotopic (exact) mass is 395 g/mol. The number of ether oxygens (including phenoxy) is 1. The van der Waals surface area contributed by atoms with Gasteiger partial charge in [0.25, 0.3) is 5.91 Å². The summed E-state index contributed by atoms with van der Waals surface area (Å²) in [7, 11) is 0. The standard InChI is InChI=1S/C16H18FN5O4S/c1-3-26-15(24)9(2)19-16(25)18-8-12-21-22-14(27-12)13(23)20-11-6-4-10(17)5-7-11/h4-7,9H,3,8H2,1-2H3,(H,20,23)(H2,18,19,25)/t9-/m1/s1. The summed E-state index contributed by atoms with van der Waals surface area (Å²) in [6.45, 7) is 3.42. The number of halogens is 1. The van der Waals surface area contributed by atoms with Crippen LogP contribution in [0.3, 0.4) is 0 Å². The van der Waals surface area contributed by atoms with E-state index in [2.05, 4.69) is 26.1 Å². The van der Waals surface area contributed by atoms with Crippen LogP contribution >= 0.6 is 11.3 Å². The summed E-state index contributed by atoms with van der Waals surface area (Å²) in [6, 6.07) is 3.92. The minimum Gasteiger partial charge on any atom is -0.464 e. The van der Waals surface area contributed by atoms with Crippen LogP contribution < -0.4 is 16.0 Å². The zero-order chi connectivity index (χ0) is 19.8. The van der Waals surface area contributed by atoms with E-state index in [1.54, 1.807) is 6.92 Å². The number of carbonyl (C=O) groups is 3. The maximum Gasteiger partial charge on any atom is 0.328 e. The Morgan fingerprint density at radius 1 is 1.22 bits per heavy atom. The Balaban J connectivity index is 1.83. The van der Waals surface area contributed by atoms with Crippen molar-refractivity contribution in [3.05, 3.63) is 40.1 Å². The second-order valence-corrected chi connectivity index (χ2v) is 6.32. The molecule has 144 valence electrons. The Labute approximate surface area is 158 Å². The van der Waals surface area contributed by atoms with E-state index in [0.29, 0.717) is 10.7 Å². The van der Waals surface area contributed by atoms with Crippen molar-refractivity contribution in [3.63, 3.8) is 0 Å². The average molecular weight is 395 g/mol. The number of rotatable bonds is 7. The molecule has 0 aliphatic carbocycles. The molecule has 2 aromatic rings. The van der Waals surface area contributed by atoms with Crippen LogP contribution in [0, 0.1) is 5.82 Å². The minimum absolute atomic E-state index is 0.0306. The largest absolute Gasteiger partial charge is 0.464 e. The molecule has 0 aliphatic rings. The fourth-order valence-corrected chi connectivity index (χ4v) is 2.54. The van der Waals surface area contributed by atoms with E-state index in [9.17, 15) is 18.8 Å². The lowest BCUT2D eigenvalue weighted by molar-refractivity contribution is -0.144. The van der Waals surface area contributed by atoms with Crippen molar-refractivity contribution >= 4 is 34.9 Å². The first-order valence-electron chi connectivity index (χ1n) is 7.99. The summed E-state index contributed by atoms with van der Waals surface area (Å²) >= 11 is 0.996. The molecule has 0 bridgehead atoms. The molecular weight excluding hydrogens is 377 g/mol. The number of hydrogen-bond acceptors (Lipinski definition) is 7. The zero-order valence-corrected chi connectivity index (χ0v) is 15.4. The molecule has 3 N–H and O–H groups in total. The van der Waals surface area contributed by atoms with Gasteiger partial charge in [0.15, 0.2) is 0 Å². The highest BCUT2D eigenvalue weighted by molar-refractivity contribution is 7.13. The smallest absolute Gasteiger partial charge is 0.328 e. The summed E-state index contributed by atoms with van der Waals surface area (Å²) in [5.41, 5.74) is 0.420. The molecule has 0 saturated carbocycles. The van der Waals surface area contributed by atoms with Gasteiger partial charge in [-0.25, -0.2) is 14.0 Å². The van der Waals surface area contributed by atoms with Crippen molar-refractivity contribution in [2.24, 2.45) is 0 Å². The maximum absolute atomic E-state index is 12.9. The van der Waals surface area contributed by atoms with Gasteiger partial charge in [0, 0.05) is 5.69 Å². The van der Waals surface area contributed by atoms with Gasteiger partial charge in [-0.1, -0.05) is 11.3 Å². The first kappa shape index (κ1) is 20.2. The SMILES string of the molecule is CCOC(=O)[C@@H](C)NC(=O)NCc1nnc(C(=O)Nc2ccc(F)cc2)s1. The van der Waals surface area contributed by atoms with Gasteiger partial charge in [-0.2, -0.15) is 0 Å². The van der Waals surface area contributed by atoms with Gasteiger partial charge < -0.3 is 20.7 Å². The Kier molecular flexibility index (Phi) is 7.17. The number of hydrogen-bond donors (Lipinski definition) is 3. The van der Waals surface area contributed by atoms with E-state index in [1.807, 2.05) is 0 Å². The number of anilines is 1. The van der Waals surface area contributed by atoms with E-state index in [4.69, 9.17) is 4.74 Å². The molecule has 0 aliphatic heterocycles. The van der Waals surface area contributed by atoms with Crippen LogP contribution in [-0.4, -0.2) is 40.8 Å². The quantitative estimate of drug-likeness (QED) is 0.613. The summed E-state index contributed by atoms with van der Waals surface area (Å²) in [5.74, 6) is -1.44. The van der Waals surface area contributed by atoms with Gasteiger partial charge in [0.05, 0.1) is 13.2 Å². The van der Waals surface area contributed by atoms with E-state index >= 15 is 0 Å². The number of urea groups is 1. The number of benzene rings is 1. The summed E-state index contributed by atoms with van der Waals surface area (Å²) < 4.78 is 17.6. The van der Waals surface area contributed by atoms with Crippen molar-refractivity contribution in [3.8, 4) is 0 Å². The third-order valence-corrected chi connectivity index (χ3v) is 4.07. The van der Waals surface area contributed by atoms with E-state index < -0.39 is 29.8 Å². The van der Waals surface area contributed by atoms with Crippen LogP contribution in [0.15, 0.2) is 24.3 Å². The highest BCUT2D eigenvalue weighted by Crippen LogP contribution is 2.13. The van der Waals surface area contributed by atoms with Crippen molar-refractivity contribution in [2.45, 2.75) is 26.4 Å². The van der Waals surface area contributed by atoms with Crippen molar-refractivity contribution in [1.29, 1.82) is 0 Å². The molecule has 0 spiro atoms. The first-order valence-corrected chi connectivity index (χ1v) is 8.81. The minimum atomic E-state index is -0.795. The Hall–Kier alpha value is -3.08. The Morgan fingerprint density at radius 2 is 1.93 bits per heavy atom. The van der Waals surface area contributed by atoms with Gasteiger partial charge >= 0.3 is 12.0 Å². The number of esters is 1. The second-order valence-electron chi connectivity index (χ2n) is 5.26. The topological polar surface area (TPSA) is 122 Å². The van der Waals surface area contributed by atoms with Gasteiger partial charge in [0.1, 0.15) is 16.9 Å². The molecule has 11 heteroatoms. The molecule has 0 saturated heterocycles. The lowest BCUT2D eigenvalue weighted by Crippen LogP contribution is -2.44. The molecule has 0 fully saturated rings. The molecule has 27 heavy (non-hydrogen) atoms. The van der Waals surface area contributed by atoms with Crippen LogP contribution in [-0.2, 0) is 16.1 Å². The number of nitrogens with one attached hydrogen (secondary N) is 3. The van der Waals surface area contributed by atoms with Crippen LogP contribution in [0.5, 0.6) is 0 Å². The van der Waals surface area contributed by atoms with Crippen LogP contribution in [0.25, 0.3) is 0 Å². The molecule has 3 amide bonds. The third-order valence-electron chi connectivity index (χ3n) is 3.15. The van der Waals surface area contributed by atoms with Gasteiger partial charge in [-0.15, -0.1) is 10.2 Å². The first-order chi connectivity index (χ1) is 12.9. The van der Waals surface area contributed by atoms with Crippen molar-refractivity contribution in [1.82, 2.24) is 20.8 Å². The summed E-state index contributed by atoms with van der Waals surface area (Å²) in [5, 5.41) is 15.6. The molecule has 0 unspecified atom stereocenters. The number of carbonyl (C=O) groups excluding carboxylic acids is 3. The lowest BCUT2D eigenvalue weighted by atomic mass is 10.3. The van der Waals surface area contributed by atoms with E-state index in [0.717, 1.165) is 11.3 Å². The van der Waals surface area contributed by atoms with Crippen molar-refractivity contribution in [2.75, 3.05) is 11.9 Å². The number of aromatic nitrogens is 2. The highest BCUT2D eigenvalue weighted by Gasteiger charge is 2.17. The van der Waals surface area contributed by atoms with E-state index in [-0.39, 0.29) is 18.2 Å². The second kappa shape index (κ2) is 9.57. The van der Waals surface area contributed by atoms with Crippen molar-refractivity contribution < 1.29 is 23.5 Å². The molecule has 9 nitrogen and oxygen atoms in total. The summed E-state index contributed by atoms with van der Waals surface area (Å²) in [4.78, 5) is 35.3. The molecule has 1 aromatic heterocycles. The lowest BCUT2D eigenvalue weighted by Gasteiger charge is -2.12. The van der Waals surface area contributed by atoms with Gasteiger partial charge in [0.2, 0.25) is 5.01 Å². The normalized spacial score (nSPS) is 11.4. The molecule has 0 radical (unpaired) electrons. The molecule has 1 atom stereocenters. The molecule has 1 aromatic carbocycles. The highest BCUT2D eigenvalue weighted by atomic mass is 32.1. The number of nitrogens with zero attached hydrogens (tertiary/aromatic N) is 2. The zero-order valence-electron chi connectivity index (χ0n) is 14.6. The van der Waals surface area contributed by atoms with E-state index in [1.165, 1.54) is 31.2 Å². The van der Waals surface area contributed by atoms with Crippen LogP contribution in [0.4, 0.5) is 14.9 Å². The fraction of sp³-hybridized carbons (Fsp3) is 0.312. The molecule has 1 heterocycles. The summed E-state index contributed by atoms with van der Waals surface area (Å²) in [6.07, 6.45) is 0. The molecule has 2 rings (SSSR count). The fourth-order valence-electron chi connectivity index (χ4n) is 1.86. The Morgan fingerprint density at radius 3 is 2.59 bits per heavy atom. The van der Waals surface area contributed by atoms with Crippen LogP contribution in [0.2, 0.25) is 0 Å². The molecular formula is C16H18FN5O4S. The third kappa shape index (κ3) is 6.29. The Bertz CT molecular complexity index is 811. The predicted octanol–water partition coefficient (Wildman–Crippen LogP) is 1.68. The van der Waals surface area contributed by atoms with Gasteiger partial charge in [-0.05, 0) is 38.1 Å². The maximum atomic E-state index is 12.9. The number of amides is 3. The average Bonchev–Trinajstić information content (AvgIpc) is 3.11. The van der Waals surface area contributed by atoms with Crippen LogP contribution in [0.1, 0.15) is 28.7 Å². The predicted molar refractivity (Wildman–Crippen MR) is 95.7 cm³/mol. The van der Waals surface area contributed by atoms with Gasteiger partial charge in [-0.3, -0.25) is 4.79 Å².